The molecule has 8 heteroatoms. The van der Waals surface area contributed by atoms with Gasteiger partial charge in [0.05, 0.1) is 26.4 Å². The van der Waals surface area contributed by atoms with Gasteiger partial charge in [-0.1, -0.05) is 6.92 Å². The third-order valence-electron chi connectivity index (χ3n) is 3.77. The van der Waals surface area contributed by atoms with Crippen molar-refractivity contribution in [3.8, 4) is 5.88 Å². The molecule has 114 valence electrons. The SMILES string of the molecule is CCN1CCOC(Cn2c(=S)[nH]c3c(OC)ncnc32)C1. The van der Waals surface area contributed by atoms with Crippen molar-refractivity contribution in [1.29, 1.82) is 0 Å². The molecule has 3 rings (SSSR count). The van der Waals surface area contributed by atoms with Crippen molar-refractivity contribution in [2.45, 2.75) is 19.6 Å². The zero-order valence-corrected chi connectivity index (χ0v) is 13.0. The summed E-state index contributed by atoms with van der Waals surface area (Å²) >= 11 is 5.40. The number of aromatic amines is 1. The summed E-state index contributed by atoms with van der Waals surface area (Å²) < 4.78 is 13.7. The van der Waals surface area contributed by atoms with Crippen molar-refractivity contribution < 1.29 is 9.47 Å². The minimum absolute atomic E-state index is 0.116. The Morgan fingerprint density at radius 1 is 1.52 bits per heavy atom. The maximum absolute atomic E-state index is 5.85. The van der Waals surface area contributed by atoms with Crippen LogP contribution in [0.2, 0.25) is 0 Å². The van der Waals surface area contributed by atoms with E-state index in [0.29, 0.717) is 17.2 Å². The normalized spacial score (nSPS) is 20.0. The molecule has 0 aromatic carbocycles. The largest absolute Gasteiger partial charge is 0.479 e. The van der Waals surface area contributed by atoms with Gasteiger partial charge in [-0.25, -0.2) is 4.98 Å². The van der Waals surface area contributed by atoms with E-state index >= 15 is 0 Å². The number of methoxy groups -OCH3 is 1. The number of H-pyrrole nitrogens is 1. The number of hydrogen-bond acceptors (Lipinski definition) is 6. The van der Waals surface area contributed by atoms with Gasteiger partial charge in [-0.3, -0.25) is 9.47 Å². The first kappa shape index (κ1) is 14.4. The molecule has 0 spiro atoms. The standard InChI is InChI=1S/C13H19N5O2S/c1-3-17-4-5-20-9(6-17)7-18-11-10(16-13(18)21)12(19-2)15-8-14-11/h8-9H,3-7H2,1-2H3,(H,16,21). The molecule has 1 aliphatic rings. The van der Waals surface area contributed by atoms with Gasteiger partial charge in [0, 0.05) is 13.1 Å². The summed E-state index contributed by atoms with van der Waals surface area (Å²) in [4.78, 5) is 13.9. The molecule has 1 atom stereocenters. The number of morpholine rings is 1. The van der Waals surface area contributed by atoms with Crippen LogP contribution in [-0.4, -0.2) is 63.9 Å². The summed E-state index contributed by atoms with van der Waals surface area (Å²) in [5, 5.41) is 0. The maximum atomic E-state index is 5.85. The van der Waals surface area contributed by atoms with Gasteiger partial charge in [0.1, 0.15) is 11.8 Å². The van der Waals surface area contributed by atoms with Gasteiger partial charge in [-0.2, -0.15) is 4.98 Å². The Morgan fingerprint density at radius 3 is 3.14 bits per heavy atom. The Kier molecular flexibility index (Phi) is 4.18. The highest BCUT2D eigenvalue weighted by atomic mass is 32.1. The van der Waals surface area contributed by atoms with E-state index in [-0.39, 0.29) is 6.10 Å². The summed E-state index contributed by atoms with van der Waals surface area (Å²) in [5.74, 6) is 0.504. The van der Waals surface area contributed by atoms with Crippen LogP contribution in [0.3, 0.4) is 0 Å². The minimum atomic E-state index is 0.116. The number of nitrogens with zero attached hydrogens (tertiary/aromatic N) is 4. The number of nitrogens with one attached hydrogen (secondary N) is 1. The highest BCUT2D eigenvalue weighted by molar-refractivity contribution is 7.71. The Hall–Kier alpha value is -1.51. The zero-order valence-electron chi connectivity index (χ0n) is 12.2. The van der Waals surface area contributed by atoms with E-state index in [0.717, 1.165) is 37.4 Å². The van der Waals surface area contributed by atoms with E-state index in [2.05, 4.69) is 26.8 Å². The Balaban J connectivity index is 1.90. The lowest BCUT2D eigenvalue weighted by molar-refractivity contribution is -0.0340. The number of rotatable bonds is 4. The van der Waals surface area contributed by atoms with Crippen LogP contribution in [0.1, 0.15) is 6.92 Å². The first-order valence-corrected chi connectivity index (χ1v) is 7.45. The third kappa shape index (κ3) is 2.78. The lowest BCUT2D eigenvalue weighted by atomic mass is 10.2. The van der Waals surface area contributed by atoms with Crippen molar-refractivity contribution >= 4 is 23.4 Å². The topological polar surface area (TPSA) is 68.2 Å². The minimum Gasteiger partial charge on any atom is -0.479 e. The number of imidazole rings is 1. The molecule has 2 aromatic heterocycles. The number of fused-ring (bicyclic) bond motifs is 1. The number of likely N-dealkylation sites (N-methyl/N-ethyl adjacent to an activating group) is 1. The van der Waals surface area contributed by atoms with Gasteiger partial charge in [0.15, 0.2) is 10.4 Å². The van der Waals surface area contributed by atoms with Crippen molar-refractivity contribution in [3.63, 3.8) is 0 Å². The van der Waals surface area contributed by atoms with Gasteiger partial charge in [-0.05, 0) is 18.8 Å². The number of aromatic nitrogens is 4. The number of hydrogen-bond donors (Lipinski definition) is 1. The molecule has 1 saturated heterocycles. The summed E-state index contributed by atoms with van der Waals surface area (Å²) in [7, 11) is 1.58. The van der Waals surface area contributed by atoms with Crippen LogP contribution in [0.15, 0.2) is 6.33 Å². The van der Waals surface area contributed by atoms with E-state index < -0.39 is 0 Å². The lowest BCUT2D eigenvalue weighted by Gasteiger charge is -2.32. The second kappa shape index (κ2) is 6.08. The molecular weight excluding hydrogens is 290 g/mol. The second-order valence-corrected chi connectivity index (χ2v) is 5.40. The molecule has 1 aliphatic heterocycles. The maximum Gasteiger partial charge on any atom is 0.242 e. The average Bonchev–Trinajstić information content (AvgIpc) is 2.83. The molecule has 1 fully saturated rings. The van der Waals surface area contributed by atoms with E-state index in [4.69, 9.17) is 21.7 Å². The zero-order chi connectivity index (χ0) is 14.8. The Labute approximate surface area is 127 Å². The molecule has 2 aromatic rings. The van der Waals surface area contributed by atoms with Crippen LogP contribution in [0, 0.1) is 4.77 Å². The van der Waals surface area contributed by atoms with E-state index in [9.17, 15) is 0 Å². The summed E-state index contributed by atoms with van der Waals surface area (Å²) in [5.41, 5.74) is 1.48. The fourth-order valence-electron chi connectivity index (χ4n) is 2.65. The smallest absolute Gasteiger partial charge is 0.242 e. The Morgan fingerprint density at radius 2 is 2.38 bits per heavy atom. The molecule has 0 bridgehead atoms. The van der Waals surface area contributed by atoms with E-state index in [1.54, 1.807) is 7.11 Å². The van der Waals surface area contributed by atoms with Crippen LogP contribution in [0.25, 0.3) is 11.2 Å². The molecule has 0 aliphatic carbocycles. The van der Waals surface area contributed by atoms with Crippen LogP contribution < -0.4 is 4.74 Å². The highest BCUT2D eigenvalue weighted by Crippen LogP contribution is 2.21. The van der Waals surface area contributed by atoms with Crippen LogP contribution in [0.4, 0.5) is 0 Å². The predicted octanol–water partition coefficient (Wildman–Crippen LogP) is 1.22. The van der Waals surface area contributed by atoms with Crippen molar-refractivity contribution in [2.24, 2.45) is 0 Å². The summed E-state index contributed by atoms with van der Waals surface area (Å²) in [6.07, 6.45) is 1.60. The molecule has 1 unspecified atom stereocenters. The van der Waals surface area contributed by atoms with Crippen molar-refractivity contribution in [3.05, 3.63) is 11.1 Å². The predicted molar refractivity (Wildman–Crippen MR) is 81.1 cm³/mol. The molecule has 3 heterocycles. The molecular formula is C13H19N5O2S. The fourth-order valence-corrected chi connectivity index (χ4v) is 2.91. The molecule has 21 heavy (non-hydrogen) atoms. The first-order chi connectivity index (χ1) is 10.2. The monoisotopic (exact) mass is 309 g/mol. The summed E-state index contributed by atoms with van der Waals surface area (Å²) in [6.45, 7) is 6.53. The highest BCUT2D eigenvalue weighted by Gasteiger charge is 2.21. The second-order valence-electron chi connectivity index (χ2n) is 5.01. The van der Waals surface area contributed by atoms with Crippen LogP contribution in [0.5, 0.6) is 5.88 Å². The molecule has 1 N–H and O–H groups in total. The van der Waals surface area contributed by atoms with E-state index in [1.165, 1.54) is 6.33 Å². The molecule has 0 amide bonds. The lowest BCUT2D eigenvalue weighted by Crippen LogP contribution is -2.43. The molecule has 0 radical (unpaired) electrons. The first-order valence-electron chi connectivity index (χ1n) is 7.04. The average molecular weight is 309 g/mol. The fraction of sp³-hybridized carbons (Fsp3) is 0.615. The van der Waals surface area contributed by atoms with Gasteiger partial charge < -0.3 is 14.5 Å². The van der Waals surface area contributed by atoms with Gasteiger partial charge in [0.2, 0.25) is 5.88 Å². The molecule has 7 nitrogen and oxygen atoms in total. The van der Waals surface area contributed by atoms with Gasteiger partial charge >= 0.3 is 0 Å². The van der Waals surface area contributed by atoms with Crippen LogP contribution in [-0.2, 0) is 11.3 Å². The summed E-state index contributed by atoms with van der Waals surface area (Å²) in [6, 6.07) is 0. The third-order valence-corrected chi connectivity index (χ3v) is 4.10. The Bertz CT molecular complexity index is 683. The van der Waals surface area contributed by atoms with Crippen molar-refractivity contribution in [2.75, 3.05) is 33.4 Å². The number of ether oxygens (including phenoxy) is 2. The van der Waals surface area contributed by atoms with Crippen molar-refractivity contribution in [1.82, 2.24) is 24.4 Å². The van der Waals surface area contributed by atoms with Gasteiger partial charge in [0.25, 0.3) is 0 Å². The van der Waals surface area contributed by atoms with E-state index in [1.807, 2.05) is 4.57 Å². The van der Waals surface area contributed by atoms with Crippen LogP contribution >= 0.6 is 12.2 Å². The molecule has 0 saturated carbocycles. The quantitative estimate of drug-likeness (QED) is 0.857. The van der Waals surface area contributed by atoms with Gasteiger partial charge in [-0.15, -0.1) is 0 Å².